The van der Waals surface area contributed by atoms with Crippen molar-refractivity contribution in [3.05, 3.63) is 41.8 Å². The molecule has 1 unspecified atom stereocenters. The molecule has 1 aromatic heterocycles. The molecule has 2 N–H and O–H groups in total. The number of hydrogen-bond donors (Lipinski definition) is 2. The Labute approximate surface area is 121 Å². The number of carbonyl (C=O) groups is 1. The first-order valence-corrected chi connectivity index (χ1v) is 7.10. The molecule has 0 radical (unpaired) electrons. The number of halogens is 1. The lowest BCUT2D eigenvalue weighted by molar-refractivity contribution is 0.0900. The predicted molar refractivity (Wildman–Crippen MR) is 75.1 cm³/mol. The van der Waals surface area contributed by atoms with Gasteiger partial charge in [0.1, 0.15) is 17.7 Å². The van der Waals surface area contributed by atoms with Crippen LogP contribution in [0.2, 0.25) is 0 Å². The Hall–Kier alpha value is -2.21. The van der Waals surface area contributed by atoms with E-state index in [1.54, 1.807) is 22.9 Å². The van der Waals surface area contributed by atoms with Crippen molar-refractivity contribution in [1.29, 1.82) is 0 Å². The molecule has 1 aliphatic carbocycles. The van der Waals surface area contributed by atoms with Gasteiger partial charge in [-0.05, 0) is 43.2 Å². The smallest absolute Gasteiger partial charge is 0.269 e. The monoisotopic (exact) mass is 286 g/mol. The maximum Gasteiger partial charge on any atom is 0.269 e. The van der Waals surface area contributed by atoms with Crippen LogP contribution in [-0.4, -0.2) is 28.3 Å². The molecule has 2 heterocycles. The molecule has 4 rings (SSSR count). The fraction of sp³-hybridized carbons (Fsp3) is 0.333. The molecule has 2 aliphatic rings. The molecule has 1 fully saturated rings. The molecule has 6 heteroatoms. The number of nitrogens with one attached hydrogen (secondary N) is 2. The van der Waals surface area contributed by atoms with Crippen LogP contribution in [0.1, 0.15) is 29.5 Å². The summed E-state index contributed by atoms with van der Waals surface area (Å²) in [5, 5.41) is 10.9. The second-order valence-electron chi connectivity index (χ2n) is 5.53. The summed E-state index contributed by atoms with van der Waals surface area (Å²) < 4.78 is 14.7. The lowest BCUT2D eigenvalue weighted by atomic mass is 10.1. The fourth-order valence-corrected chi connectivity index (χ4v) is 2.58. The van der Waals surface area contributed by atoms with Crippen molar-refractivity contribution in [2.75, 3.05) is 6.54 Å². The van der Waals surface area contributed by atoms with Crippen molar-refractivity contribution in [1.82, 2.24) is 20.4 Å². The highest BCUT2D eigenvalue weighted by Crippen LogP contribution is 2.26. The van der Waals surface area contributed by atoms with Crippen molar-refractivity contribution >= 4 is 5.91 Å². The molecular weight excluding hydrogens is 271 g/mol. The summed E-state index contributed by atoms with van der Waals surface area (Å²) in [6.45, 7) is 0.535. The summed E-state index contributed by atoms with van der Waals surface area (Å²) in [6.07, 6.45) is 2.33. The first-order chi connectivity index (χ1) is 10.2. The normalized spacial score (nSPS) is 21.0. The van der Waals surface area contributed by atoms with Gasteiger partial charge in [0.15, 0.2) is 0 Å². The molecule has 5 nitrogen and oxygen atoms in total. The van der Waals surface area contributed by atoms with Gasteiger partial charge >= 0.3 is 0 Å². The third-order valence-corrected chi connectivity index (χ3v) is 3.86. The summed E-state index contributed by atoms with van der Waals surface area (Å²) in [4.78, 5) is 12.0. The minimum absolute atomic E-state index is 0.0144. The van der Waals surface area contributed by atoms with E-state index in [2.05, 4.69) is 15.7 Å². The van der Waals surface area contributed by atoms with Gasteiger partial charge < -0.3 is 5.32 Å². The minimum Gasteiger partial charge on any atom is -0.347 e. The lowest BCUT2D eigenvalue weighted by Crippen LogP contribution is -2.45. The van der Waals surface area contributed by atoms with Gasteiger partial charge in [-0.3, -0.25) is 10.1 Å². The first-order valence-electron chi connectivity index (χ1n) is 7.10. The number of rotatable bonds is 3. The van der Waals surface area contributed by atoms with Crippen LogP contribution in [0.15, 0.2) is 30.3 Å². The predicted octanol–water partition coefficient (Wildman–Crippen LogP) is 1.68. The Morgan fingerprint density at radius 2 is 2.05 bits per heavy atom. The van der Waals surface area contributed by atoms with E-state index >= 15 is 0 Å². The molecule has 0 bridgehead atoms. The van der Waals surface area contributed by atoms with E-state index in [0.29, 0.717) is 24.0 Å². The van der Waals surface area contributed by atoms with Crippen molar-refractivity contribution in [3.8, 4) is 11.3 Å². The van der Waals surface area contributed by atoms with Gasteiger partial charge in [-0.15, -0.1) is 0 Å². The average molecular weight is 286 g/mol. The van der Waals surface area contributed by atoms with E-state index in [1.165, 1.54) is 25.0 Å². The topological polar surface area (TPSA) is 59.0 Å². The zero-order valence-electron chi connectivity index (χ0n) is 11.3. The SMILES string of the molecule is O=C1NCC(NC2CC2)n2nc(-c3ccc(F)cc3)cc21. The molecule has 2 aromatic rings. The van der Waals surface area contributed by atoms with Crippen LogP contribution in [0.3, 0.4) is 0 Å². The van der Waals surface area contributed by atoms with Gasteiger partial charge in [0.25, 0.3) is 5.91 Å². The summed E-state index contributed by atoms with van der Waals surface area (Å²) in [5.74, 6) is -0.404. The number of aromatic nitrogens is 2. The molecule has 21 heavy (non-hydrogen) atoms. The van der Waals surface area contributed by atoms with Gasteiger partial charge in [0.2, 0.25) is 0 Å². The Bertz CT molecular complexity index is 690. The van der Waals surface area contributed by atoms with Crippen LogP contribution in [-0.2, 0) is 0 Å². The first kappa shape index (κ1) is 12.5. The second kappa shape index (κ2) is 4.66. The summed E-state index contributed by atoms with van der Waals surface area (Å²) in [5.41, 5.74) is 2.03. The fourth-order valence-electron chi connectivity index (χ4n) is 2.58. The van der Waals surface area contributed by atoms with E-state index in [-0.39, 0.29) is 17.9 Å². The molecule has 0 spiro atoms. The van der Waals surface area contributed by atoms with Crippen LogP contribution in [0.4, 0.5) is 4.39 Å². The van der Waals surface area contributed by atoms with Gasteiger partial charge in [0.05, 0.1) is 12.2 Å². The van der Waals surface area contributed by atoms with Crippen LogP contribution in [0.25, 0.3) is 11.3 Å². The van der Waals surface area contributed by atoms with E-state index in [0.717, 1.165) is 5.56 Å². The van der Waals surface area contributed by atoms with Gasteiger partial charge in [-0.2, -0.15) is 5.10 Å². The molecule has 1 saturated carbocycles. The number of carbonyl (C=O) groups excluding carboxylic acids is 1. The van der Waals surface area contributed by atoms with Crippen molar-refractivity contribution < 1.29 is 9.18 Å². The molecule has 1 aliphatic heterocycles. The highest BCUT2D eigenvalue weighted by Gasteiger charge is 2.31. The third kappa shape index (κ3) is 2.31. The molecule has 0 saturated heterocycles. The Morgan fingerprint density at radius 3 is 2.76 bits per heavy atom. The second-order valence-corrected chi connectivity index (χ2v) is 5.53. The number of nitrogens with zero attached hydrogens (tertiary/aromatic N) is 2. The molecule has 1 atom stereocenters. The van der Waals surface area contributed by atoms with Crippen molar-refractivity contribution in [3.63, 3.8) is 0 Å². The number of hydrogen-bond acceptors (Lipinski definition) is 3. The summed E-state index contributed by atoms with van der Waals surface area (Å²) in [6, 6.07) is 8.41. The zero-order chi connectivity index (χ0) is 14.4. The van der Waals surface area contributed by atoms with Crippen LogP contribution in [0, 0.1) is 5.82 Å². The van der Waals surface area contributed by atoms with Crippen LogP contribution >= 0.6 is 0 Å². The van der Waals surface area contributed by atoms with Crippen molar-refractivity contribution in [2.24, 2.45) is 0 Å². The third-order valence-electron chi connectivity index (χ3n) is 3.86. The van der Waals surface area contributed by atoms with Gasteiger partial charge in [-0.25, -0.2) is 9.07 Å². The van der Waals surface area contributed by atoms with Crippen LogP contribution in [0.5, 0.6) is 0 Å². The minimum atomic E-state index is -0.284. The molecular formula is C15H15FN4O. The highest BCUT2D eigenvalue weighted by molar-refractivity contribution is 5.94. The summed E-state index contributed by atoms with van der Waals surface area (Å²) >= 11 is 0. The maximum absolute atomic E-state index is 13.0. The van der Waals surface area contributed by atoms with E-state index in [9.17, 15) is 9.18 Å². The zero-order valence-corrected chi connectivity index (χ0v) is 11.3. The van der Waals surface area contributed by atoms with Crippen molar-refractivity contribution in [2.45, 2.75) is 25.0 Å². The van der Waals surface area contributed by atoms with E-state index in [4.69, 9.17) is 0 Å². The quantitative estimate of drug-likeness (QED) is 0.902. The Morgan fingerprint density at radius 1 is 1.29 bits per heavy atom. The largest absolute Gasteiger partial charge is 0.347 e. The van der Waals surface area contributed by atoms with E-state index < -0.39 is 0 Å². The lowest BCUT2D eigenvalue weighted by Gasteiger charge is -2.25. The Kier molecular flexibility index (Phi) is 2.78. The Balaban J connectivity index is 1.71. The van der Waals surface area contributed by atoms with Gasteiger partial charge in [-0.1, -0.05) is 0 Å². The summed E-state index contributed by atoms with van der Waals surface area (Å²) in [7, 11) is 0. The number of fused-ring (bicyclic) bond motifs is 1. The van der Waals surface area contributed by atoms with Gasteiger partial charge in [0, 0.05) is 11.6 Å². The molecule has 108 valence electrons. The van der Waals surface area contributed by atoms with Crippen LogP contribution < -0.4 is 10.6 Å². The number of amides is 1. The molecule has 1 amide bonds. The highest BCUT2D eigenvalue weighted by atomic mass is 19.1. The average Bonchev–Trinajstić information content (AvgIpc) is 3.18. The molecule has 1 aromatic carbocycles. The number of benzene rings is 1. The maximum atomic E-state index is 13.0. The van der Waals surface area contributed by atoms with E-state index in [1.807, 2.05) is 0 Å². The standard InChI is InChI=1S/C15H15FN4O/c16-10-3-1-9(2-4-10)12-7-13-15(21)17-8-14(20(13)19-12)18-11-5-6-11/h1-4,7,11,14,18H,5-6,8H2,(H,17,21).